The summed E-state index contributed by atoms with van der Waals surface area (Å²) in [6, 6.07) is 17.0. The van der Waals surface area contributed by atoms with Gasteiger partial charge in [-0.1, -0.05) is 48.5 Å². The number of carboxylic acids is 1. The molecular formula is C27H23F3N4O4. The Kier molecular flexibility index (Phi) is 7.66. The Hall–Kier alpha value is -4.80. The number of aliphatic carboxylic acids is 1. The molecule has 0 spiro atoms. The summed E-state index contributed by atoms with van der Waals surface area (Å²) in [7, 11) is 1.72. The van der Waals surface area contributed by atoms with Gasteiger partial charge in [0.05, 0.1) is 12.6 Å². The van der Waals surface area contributed by atoms with E-state index in [0.29, 0.717) is 27.9 Å². The standard InChI is InChI=1S/C27H23F3N4O4/c1-34-16-19(15-32-34)23-13-20(10-11-21(23)22-4-2-3-5-24(22)38-27(28,29)30)33-26(37)31-14-18-8-6-17(7-9-18)12-25(35)36/h2-11,13,15-16H,12,14H2,1H3,(H,35,36)(H2,31,33,37). The van der Waals surface area contributed by atoms with E-state index in [1.54, 1.807) is 72.7 Å². The minimum atomic E-state index is -4.86. The van der Waals surface area contributed by atoms with Crippen molar-refractivity contribution in [3.8, 4) is 28.0 Å². The van der Waals surface area contributed by atoms with E-state index >= 15 is 0 Å². The van der Waals surface area contributed by atoms with Crippen LogP contribution >= 0.6 is 0 Å². The fraction of sp³-hybridized carbons (Fsp3) is 0.148. The second kappa shape index (κ2) is 11.1. The Morgan fingerprint density at radius 3 is 2.34 bits per heavy atom. The van der Waals surface area contributed by atoms with E-state index in [1.807, 2.05) is 0 Å². The molecule has 0 saturated carbocycles. The summed E-state index contributed by atoms with van der Waals surface area (Å²) >= 11 is 0. The number of hydrogen-bond donors (Lipinski definition) is 3. The number of carboxylic acid groups (broad SMARTS) is 1. The summed E-state index contributed by atoms with van der Waals surface area (Å²) in [4.78, 5) is 23.4. The number of carbonyl (C=O) groups is 2. The topological polar surface area (TPSA) is 105 Å². The number of carbonyl (C=O) groups excluding carboxylic acids is 1. The Labute approximate surface area is 215 Å². The van der Waals surface area contributed by atoms with Crippen LogP contribution in [0.2, 0.25) is 0 Å². The maximum Gasteiger partial charge on any atom is 0.573 e. The highest BCUT2D eigenvalue weighted by molar-refractivity contribution is 5.93. The Morgan fingerprint density at radius 1 is 0.974 bits per heavy atom. The predicted molar refractivity (Wildman–Crippen MR) is 134 cm³/mol. The van der Waals surface area contributed by atoms with Crippen LogP contribution in [0.25, 0.3) is 22.3 Å². The third kappa shape index (κ3) is 6.90. The lowest BCUT2D eigenvalue weighted by atomic mass is 9.95. The largest absolute Gasteiger partial charge is 0.573 e. The summed E-state index contributed by atoms with van der Waals surface area (Å²) < 4.78 is 44.9. The number of halogens is 3. The number of nitrogens with one attached hydrogen (secondary N) is 2. The zero-order chi connectivity index (χ0) is 27.3. The average Bonchev–Trinajstić information content (AvgIpc) is 3.29. The summed E-state index contributed by atoms with van der Waals surface area (Å²) in [5.74, 6) is -1.28. The molecule has 1 heterocycles. The molecule has 0 bridgehead atoms. The summed E-state index contributed by atoms with van der Waals surface area (Å²) in [5, 5.41) is 18.5. The monoisotopic (exact) mass is 524 g/mol. The second-order valence-corrected chi connectivity index (χ2v) is 8.40. The van der Waals surface area contributed by atoms with E-state index in [1.165, 1.54) is 18.2 Å². The number of benzene rings is 3. The lowest BCUT2D eigenvalue weighted by Crippen LogP contribution is -2.28. The number of hydrogen-bond acceptors (Lipinski definition) is 4. The minimum absolute atomic E-state index is 0.0870. The zero-order valence-corrected chi connectivity index (χ0v) is 20.1. The molecule has 0 saturated heterocycles. The molecule has 8 nitrogen and oxygen atoms in total. The van der Waals surface area contributed by atoms with Crippen LogP contribution in [0.4, 0.5) is 23.7 Å². The number of alkyl halides is 3. The lowest BCUT2D eigenvalue weighted by molar-refractivity contribution is -0.274. The smallest absolute Gasteiger partial charge is 0.481 e. The van der Waals surface area contributed by atoms with Crippen molar-refractivity contribution in [3.05, 3.63) is 90.3 Å². The molecule has 196 valence electrons. The van der Waals surface area contributed by atoms with Gasteiger partial charge in [-0.15, -0.1) is 13.2 Å². The minimum Gasteiger partial charge on any atom is -0.481 e. The van der Waals surface area contributed by atoms with Crippen LogP contribution in [-0.4, -0.2) is 33.2 Å². The Balaban J connectivity index is 1.55. The van der Waals surface area contributed by atoms with Gasteiger partial charge in [-0.2, -0.15) is 5.10 Å². The SMILES string of the molecule is Cn1cc(-c2cc(NC(=O)NCc3ccc(CC(=O)O)cc3)ccc2-c2ccccc2OC(F)(F)F)cn1. The number of urea groups is 1. The molecule has 0 aliphatic carbocycles. The normalized spacial score (nSPS) is 11.2. The number of aryl methyl sites for hydroxylation is 1. The molecule has 38 heavy (non-hydrogen) atoms. The second-order valence-electron chi connectivity index (χ2n) is 8.40. The first kappa shape index (κ1) is 26.3. The van der Waals surface area contributed by atoms with Crippen LogP contribution in [0.15, 0.2) is 79.1 Å². The van der Waals surface area contributed by atoms with Gasteiger partial charge in [0, 0.05) is 36.6 Å². The third-order valence-electron chi connectivity index (χ3n) is 5.53. The first-order valence-electron chi connectivity index (χ1n) is 11.4. The van der Waals surface area contributed by atoms with Gasteiger partial charge in [-0.3, -0.25) is 9.48 Å². The lowest BCUT2D eigenvalue weighted by Gasteiger charge is -2.17. The van der Waals surface area contributed by atoms with Gasteiger partial charge >= 0.3 is 18.4 Å². The van der Waals surface area contributed by atoms with Crippen molar-refractivity contribution in [3.63, 3.8) is 0 Å². The molecule has 0 radical (unpaired) electrons. The fourth-order valence-electron chi connectivity index (χ4n) is 3.87. The van der Waals surface area contributed by atoms with Crippen LogP contribution < -0.4 is 15.4 Å². The first-order chi connectivity index (χ1) is 18.1. The number of rotatable bonds is 8. The number of para-hydroxylation sites is 1. The predicted octanol–water partition coefficient (Wildman–Crippen LogP) is 5.60. The first-order valence-corrected chi connectivity index (χ1v) is 11.4. The van der Waals surface area contributed by atoms with Crippen molar-refractivity contribution >= 4 is 17.7 Å². The highest BCUT2D eigenvalue weighted by Gasteiger charge is 2.32. The summed E-state index contributed by atoms with van der Waals surface area (Å²) in [5.41, 5.74) is 3.71. The number of nitrogens with zero attached hydrogens (tertiary/aromatic N) is 2. The quantitative estimate of drug-likeness (QED) is 0.278. The number of aromatic nitrogens is 2. The molecule has 2 amide bonds. The summed E-state index contributed by atoms with van der Waals surface area (Å²) in [6.07, 6.45) is -1.66. The van der Waals surface area contributed by atoms with Gasteiger partial charge < -0.3 is 20.5 Å². The highest BCUT2D eigenvalue weighted by Crippen LogP contribution is 2.40. The molecule has 0 fully saturated rings. The molecule has 3 aromatic carbocycles. The van der Waals surface area contributed by atoms with Crippen LogP contribution in [0.5, 0.6) is 5.75 Å². The van der Waals surface area contributed by atoms with Gasteiger partial charge in [-0.05, 0) is 40.5 Å². The van der Waals surface area contributed by atoms with Gasteiger partial charge in [0.15, 0.2) is 0 Å². The van der Waals surface area contributed by atoms with E-state index < -0.39 is 18.4 Å². The van der Waals surface area contributed by atoms with E-state index in [-0.39, 0.29) is 24.3 Å². The molecule has 11 heteroatoms. The molecule has 4 rings (SSSR count). The van der Waals surface area contributed by atoms with Crippen LogP contribution in [0, 0.1) is 0 Å². The highest BCUT2D eigenvalue weighted by atomic mass is 19.4. The van der Waals surface area contributed by atoms with Gasteiger partial charge in [-0.25, -0.2) is 4.79 Å². The number of anilines is 1. The van der Waals surface area contributed by atoms with Crippen molar-refractivity contribution in [1.29, 1.82) is 0 Å². The van der Waals surface area contributed by atoms with Crippen molar-refractivity contribution in [1.82, 2.24) is 15.1 Å². The zero-order valence-electron chi connectivity index (χ0n) is 20.1. The van der Waals surface area contributed by atoms with Crippen molar-refractivity contribution in [2.75, 3.05) is 5.32 Å². The molecule has 1 aromatic heterocycles. The van der Waals surface area contributed by atoms with Crippen LogP contribution in [-0.2, 0) is 24.8 Å². The van der Waals surface area contributed by atoms with Crippen molar-refractivity contribution < 1.29 is 32.6 Å². The third-order valence-corrected chi connectivity index (χ3v) is 5.53. The molecule has 0 aliphatic rings. The summed E-state index contributed by atoms with van der Waals surface area (Å²) in [6.45, 7) is 0.203. The van der Waals surface area contributed by atoms with E-state index in [4.69, 9.17) is 5.11 Å². The van der Waals surface area contributed by atoms with Gasteiger partial charge in [0.2, 0.25) is 0 Å². The average molecular weight is 524 g/mol. The number of amides is 2. The van der Waals surface area contributed by atoms with Crippen LogP contribution in [0.3, 0.4) is 0 Å². The van der Waals surface area contributed by atoms with Gasteiger partial charge in [0.25, 0.3) is 0 Å². The molecule has 0 aliphatic heterocycles. The van der Waals surface area contributed by atoms with Gasteiger partial charge in [0.1, 0.15) is 5.75 Å². The Morgan fingerprint density at radius 2 is 1.68 bits per heavy atom. The Bertz CT molecular complexity index is 1450. The number of ether oxygens (including phenoxy) is 1. The van der Waals surface area contributed by atoms with Crippen molar-refractivity contribution in [2.45, 2.75) is 19.3 Å². The molecule has 0 atom stereocenters. The molecule has 3 N–H and O–H groups in total. The maximum atomic E-state index is 13.0. The fourth-order valence-corrected chi connectivity index (χ4v) is 3.87. The van der Waals surface area contributed by atoms with E-state index in [0.717, 1.165) is 5.56 Å². The van der Waals surface area contributed by atoms with E-state index in [9.17, 15) is 22.8 Å². The van der Waals surface area contributed by atoms with E-state index in [2.05, 4.69) is 20.5 Å². The van der Waals surface area contributed by atoms with Crippen LogP contribution in [0.1, 0.15) is 11.1 Å². The molecular weight excluding hydrogens is 501 g/mol. The molecule has 0 unspecified atom stereocenters. The van der Waals surface area contributed by atoms with Crippen molar-refractivity contribution in [2.24, 2.45) is 7.05 Å². The maximum absolute atomic E-state index is 13.0. The molecule has 4 aromatic rings.